The van der Waals surface area contributed by atoms with Crippen LogP contribution >= 0.6 is 27.5 Å². The Morgan fingerprint density at radius 2 is 2.15 bits per heavy atom. The van der Waals surface area contributed by atoms with Crippen LogP contribution in [0.3, 0.4) is 0 Å². The molecule has 20 heavy (non-hydrogen) atoms. The maximum Gasteiger partial charge on any atom is 0.267 e. The summed E-state index contributed by atoms with van der Waals surface area (Å²) in [6.45, 7) is 1.61. The minimum absolute atomic E-state index is 0.0296. The minimum Gasteiger partial charge on any atom is -0.395 e. The van der Waals surface area contributed by atoms with Gasteiger partial charge in [0.2, 0.25) is 5.88 Å². The number of benzene rings is 1. The first-order valence-electron chi connectivity index (χ1n) is 5.11. The molecule has 1 heterocycles. The van der Waals surface area contributed by atoms with Crippen molar-refractivity contribution in [3.8, 4) is 0 Å². The summed E-state index contributed by atoms with van der Waals surface area (Å²) >= 11 is 8.74. The molecule has 6 nitrogen and oxygen atoms in total. The molecule has 10 heteroatoms. The van der Waals surface area contributed by atoms with Crippen molar-refractivity contribution in [1.29, 1.82) is 0 Å². The van der Waals surface area contributed by atoms with Crippen LogP contribution in [0.5, 0.6) is 0 Å². The molecule has 3 N–H and O–H groups in total. The Hall–Kier alpha value is -1.32. The van der Waals surface area contributed by atoms with E-state index in [1.165, 1.54) is 6.07 Å². The Morgan fingerprint density at radius 1 is 1.50 bits per heavy atom. The summed E-state index contributed by atoms with van der Waals surface area (Å²) in [5, 5.41) is 3.48. The van der Waals surface area contributed by atoms with Crippen LogP contribution in [0.15, 0.2) is 26.0 Å². The van der Waals surface area contributed by atoms with Gasteiger partial charge in [0, 0.05) is 6.07 Å². The van der Waals surface area contributed by atoms with Gasteiger partial charge in [0.15, 0.2) is 5.82 Å². The molecule has 0 aliphatic heterocycles. The Labute approximate surface area is 127 Å². The fourth-order valence-electron chi connectivity index (χ4n) is 1.39. The number of nitrogen functional groups attached to an aromatic ring is 1. The first-order chi connectivity index (χ1) is 9.22. The van der Waals surface area contributed by atoms with Crippen molar-refractivity contribution in [2.45, 2.75) is 11.8 Å². The molecule has 0 radical (unpaired) electrons. The number of nitrogens with one attached hydrogen (secondary N) is 1. The average molecular weight is 385 g/mol. The summed E-state index contributed by atoms with van der Waals surface area (Å²) in [4.78, 5) is -0.683. The molecule has 0 fully saturated rings. The number of aromatic nitrogens is 1. The number of hydrogen-bond acceptors (Lipinski definition) is 5. The molecule has 0 saturated carbocycles. The molecule has 2 rings (SSSR count). The summed E-state index contributed by atoms with van der Waals surface area (Å²) in [6, 6.07) is 2.29. The highest BCUT2D eigenvalue weighted by molar-refractivity contribution is 9.10. The monoisotopic (exact) mass is 383 g/mol. The van der Waals surface area contributed by atoms with E-state index in [0.717, 1.165) is 6.07 Å². The largest absolute Gasteiger partial charge is 0.395 e. The van der Waals surface area contributed by atoms with Gasteiger partial charge >= 0.3 is 0 Å². The molecule has 1 aromatic heterocycles. The third-order valence-electron chi connectivity index (χ3n) is 2.31. The third-order valence-corrected chi connectivity index (χ3v) is 5.04. The maximum absolute atomic E-state index is 14.0. The average Bonchev–Trinajstić information content (AvgIpc) is 2.75. The van der Waals surface area contributed by atoms with E-state index in [0.29, 0.717) is 5.69 Å². The van der Waals surface area contributed by atoms with Gasteiger partial charge in [-0.25, -0.2) is 17.5 Å². The molecule has 0 atom stereocenters. The van der Waals surface area contributed by atoms with Crippen molar-refractivity contribution in [2.24, 2.45) is 0 Å². The quantitative estimate of drug-likeness (QED) is 0.626. The second-order valence-corrected chi connectivity index (χ2v) is 6.69. The van der Waals surface area contributed by atoms with Gasteiger partial charge in [0.05, 0.1) is 20.9 Å². The molecule has 0 aliphatic rings. The fourth-order valence-corrected chi connectivity index (χ4v) is 3.05. The molecule has 108 valence electrons. The highest BCUT2D eigenvalue weighted by Crippen LogP contribution is 2.35. The SMILES string of the molecule is Cc1cc(NS(=O)(=O)c2cc(Cl)c(Br)c(N)c2F)on1. The van der Waals surface area contributed by atoms with Crippen molar-refractivity contribution in [3.63, 3.8) is 0 Å². The normalized spacial score (nSPS) is 11.6. The molecule has 0 spiro atoms. The van der Waals surface area contributed by atoms with Crippen LogP contribution in [0.2, 0.25) is 5.02 Å². The molecule has 0 saturated heterocycles. The maximum atomic E-state index is 14.0. The van der Waals surface area contributed by atoms with Gasteiger partial charge in [0.25, 0.3) is 10.0 Å². The van der Waals surface area contributed by atoms with E-state index in [9.17, 15) is 12.8 Å². The Kier molecular flexibility index (Phi) is 3.94. The zero-order chi connectivity index (χ0) is 15.1. The summed E-state index contributed by atoms with van der Waals surface area (Å²) < 4.78 is 45.0. The molecule has 0 amide bonds. The van der Waals surface area contributed by atoms with Crippen molar-refractivity contribution < 1.29 is 17.3 Å². The van der Waals surface area contributed by atoms with Gasteiger partial charge in [-0.1, -0.05) is 16.8 Å². The van der Waals surface area contributed by atoms with Gasteiger partial charge in [-0.3, -0.25) is 0 Å². The first kappa shape index (κ1) is 15.1. The lowest BCUT2D eigenvalue weighted by atomic mass is 10.3. The van der Waals surface area contributed by atoms with E-state index in [-0.39, 0.29) is 15.4 Å². The highest BCUT2D eigenvalue weighted by Gasteiger charge is 2.25. The zero-order valence-corrected chi connectivity index (χ0v) is 13.1. The topological polar surface area (TPSA) is 98.2 Å². The predicted molar refractivity (Wildman–Crippen MR) is 75.6 cm³/mol. The number of nitrogens with two attached hydrogens (primary N) is 1. The smallest absolute Gasteiger partial charge is 0.267 e. The number of hydrogen-bond donors (Lipinski definition) is 2. The van der Waals surface area contributed by atoms with Gasteiger partial charge in [0.1, 0.15) is 4.90 Å². The lowest BCUT2D eigenvalue weighted by Crippen LogP contribution is -2.15. The summed E-state index contributed by atoms with van der Waals surface area (Å²) in [5.74, 6) is -1.25. The number of nitrogens with zero attached hydrogens (tertiary/aromatic N) is 1. The second-order valence-electron chi connectivity index (χ2n) is 3.84. The lowest BCUT2D eigenvalue weighted by Gasteiger charge is -2.10. The molecule has 1 aromatic carbocycles. The molecular weight excluding hydrogens is 377 g/mol. The van der Waals surface area contributed by atoms with Crippen LogP contribution < -0.4 is 10.5 Å². The van der Waals surface area contributed by atoms with E-state index < -0.39 is 26.4 Å². The minimum atomic E-state index is -4.24. The van der Waals surface area contributed by atoms with Crippen LogP contribution in [0.25, 0.3) is 0 Å². The summed E-state index contributed by atoms with van der Waals surface area (Å²) in [5.41, 5.74) is 5.52. The van der Waals surface area contributed by atoms with Crippen LogP contribution in [-0.2, 0) is 10.0 Å². The third kappa shape index (κ3) is 2.74. The van der Waals surface area contributed by atoms with Crippen LogP contribution in [0, 0.1) is 12.7 Å². The number of sulfonamides is 1. The predicted octanol–water partition coefficient (Wildman–Crippen LogP) is 2.92. The molecule has 0 bridgehead atoms. The Morgan fingerprint density at radius 3 is 2.70 bits per heavy atom. The highest BCUT2D eigenvalue weighted by atomic mass is 79.9. The Bertz CT molecular complexity index is 778. The van der Waals surface area contributed by atoms with Crippen molar-refractivity contribution in [1.82, 2.24) is 5.16 Å². The van der Waals surface area contributed by atoms with Crippen molar-refractivity contribution >= 4 is 49.1 Å². The number of halogens is 3. The van der Waals surface area contributed by atoms with E-state index in [2.05, 4.69) is 21.1 Å². The number of aryl methyl sites for hydroxylation is 1. The number of anilines is 2. The van der Waals surface area contributed by atoms with E-state index >= 15 is 0 Å². The van der Waals surface area contributed by atoms with Crippen LogP contribution in [-0.4, -0.2) is 13.6 Å². The van der Waals surface area contributed by atoms with E-state index in [1.54, 1.807) is 6.92 Å². The zero-order valence-electron chi connectivity index (χ0n) is 9.95. The van der Waals surface area contributed by atoms with E-state index in [1.807, 2.05) is 4.72 Å². The van der Waals surface area contributed by atoms with Crippen molar-refractivity contribution in [3.05, 3.63) is 33.1 Å². The lowest BCUT2D eigenvalue weighted by molar-refractivity contribution is 0.430. The fraction of sp³-hybridized carbons (Fsp3) is 0.100. The van der Waals surface area contributed by atoms with Gasteiger partial charge < -0.3 is 10.3 Å². The molecule has 0 aliphatic carbocycles. The summed E-state index contributed by atoms with van der Waals surface area (Å²) in [6.07, 6.45) is 0. The first-order valence-corrected chi connectivity index (χ1v) is 7.77. The molecule has 0 unspecified atom stereocenters. The van der Waals surface area contributed by atoms with Gasteiger partial charge in [-0.15, -0.1) is 0 Å². The van der Waals surface area contributed by atoms with Crippen LogP contribution in [0.1, 0.15) is 5.69 Å². The molecular formula is C10H8BrClFN3O3S. The standard InChI is InChI=1S/C10H8BrClFN3O3S/c1-4-2-7(19-15-4)16-20(17,18)6-3-5(12)8(11)10(14)9(6)13/h2-3,16H,14H2,1H3. The Balaban J connectivity index is 2.50. The molecule has 2 aromatic rings. The van der Waals surface area contributed by atoms with Crippen LogP contribution in [0.4, 0.5) is 16.0 Å². The van der Waals surface area contributed by atoms with Gasteiger partial charge in [-0.2, -0.15) is 0 Å². The van der Waals surface area contributed by atoms with Gasteiger partial charge in [-0.05, 0) is 28.9 Å². The summed E-state index contributed by atoms with van der Waals surface area (Å²) in [7, 11) is -4.24. The van der Waals surface area contributed by atoms with Crippen molar-refractivity contribution in [2.75, 3.05) is 10.5 Å². The van der Waals surface area contributed by atoms with E-state index in [4.69, 9.17) is 21.9 Å². The number of rotatable bonds is 3. The second kappa shape index (κ2) is 5.23.